The Labute approximate surface area is 154 Å². The van der Waals surface area contributed by atoms with Crippen LogP contribution in [0.3, 0.4) is 0 Å². The number of piperazine rings is 1. The summed E-state index contributed by atoms with van der Waals surface area (Å²) in [5.74, 6) is 1.87. The summed E-state index contributed by atoms with van der Waals surface area (Å²) in [7, 11) is 0. The molecule has 2 aliphatic rings. The summed E-state index contributed by atoms with van der Waals surface area (Å²) >= 11 is 0. The number of nitrogens with zero attached hydrogens (tertiary/aromatic N) is 5. The van der Waals surface area contributed by atoms with Gasteiger partial charge >= 0.3 is 0 Å². The van der Waals surface area contributed by atoms with Crippen LogP contribution in [-0.4, -0.2) is 53.0 Å². The van der Waals surface area contributed by atoms with Gasteiger partial charge in [0.1, 0.15) is 5.82 Å². The maximum atomic E-state index is 11.6. The molecule has 4 rings (SSSR count). The number of anilines is 3. The van der Waals surface area contributed by atoms with Crippen LogP contribution in [0.2, 0.25) is 0 Å². The Morgan fingerprint density at radius 1 is 1.12 bits per heavy atom. The third-order valence-corrected chi connectivity index (χ3v) is 5.30. The van der Waals surface area contributed by atoms with E-state index in [2.05, 4.69) is 41.0 Å². The molecule has 1 fully saturated rings. The van der Waals surface area contributed by atoms with Gasteiger partial charge in [0.2, 0.25) is 11.9 Å². The Morgan fingerprint density at radius 3 is 2.58 bits per heavy atom. The van der Waals surface area contributed by atoms with Gasteiger partial charge in [-0.25, -0.2) is 4.98 Å². The molecule has 6 heteroatoms. The lowest BCUT2D eigenvalue weighted by molar-refractivity contribution is -0.129. The minimum absolute atomic E-state index is 0.145. The van der Waals surface area contributed by atoms with E-state index in [1.807, 2.05) is 17.9 Å². The highest BCUT2D eigenvalue weighted by Crippen LogP contribution is 2.37. The Balaban J connectivity index is 1.63. The lowest BCUT2D eigenvalue weighted by Gasteiger charge is -2.35. The van der Waals surface area contributed by atoms with Crippen molar-refractivity contribution in [1.82, 2.24) is 14.9 Å². The number of aryl methyl sites for hydroxylation is 1. The number of aromatic nitrogens is 2. The predicted molar refractivity (Wildman–Crippen MR) is 103 cm³/mol. The highest BCUT2D eigenvalue weighted by molar-refractivity contribution is 5.73. The van der Waals surface area contributed by atoms with E-state index in [0.717, 1.165) is 50.1 Å². The molecule has 0 bridgehead atoms. The first-order valence-corrected chi connectivity index (χ1v) is 9.26. The molecule has 1 saturated heterocycles. The van der Waals surface area contributed by atoms with Crippen LogP contribution in [0.25, 0.3) is 0 Å². The SMILES string of the molecule is CC(=O)N1CCN(c2cc(C)nc(N3c4ccccc4CC3C)n2)CC1. The summed E-state index contributed by atoms with van der Waals surface area (Å²) in [4.78, 5) is 27.6. The standard InChI is InChI=1S/C20H25N5O/c1-14-12-19(24-10-8-23(9-11-24)16(3)26)22-20(21-14)25-15(2)13-17-6-4-5-7-18(17)25/h4-7,12,15H,8-11,13H2,1-3H3. The van der Waals surface area contributed by atoms with Crippen molar-refractivity contribution in [2.24, 2.45) is 0 Å². The molecule has 2 aromatic rings. The zero-order valence-electron chi connectivity index (χ0n) is 15.6. The van der Waals surface area contributed by atoms with Gasteiger partial charge in [0.05, 0.1) is 0 Å². The Morgan fingerprint density at radius 2 is 1.85 bits per heavy atom. The van der Waals surface area contributed by atoms with E-state index in [4.69, 9.17) is 9.97 Å². The van der Waals surface area contributed by atoms with Gasteiger partial charge in [-0.1, -0.05) is 18.2 Å². The van der Waals surface area contributed by atoms with E-state index in [9.17, 15) is 4.79 Å². The summed E-state index contributed by atoms with van der Waals surface area (Å²) in [6, 6.07) is 10.9. The second kappa shape index (κ2) is 6.59. The van der Waals surface area contributed by atoms with Crippen LogP contribution < -0.4 is 9.80 Å². The molecule has 0 radical (unpaired) electrons. The number of benzene rings is 1. The van der Waals surface area contributed by atoms with Crippen LogP contribution in [-0.2, 0) is 11.2 Å². The summed E-state index contributed by atoms with van der Waals surface area (Å²) in [6.45, 7) is 8.98. The van der Waals surface area contributed by atoms with Crippen molar-refractivity contribution in [2.75, 3.05) is 36.0 Å². The zero-order chi connectivity index (χ0) is 18.3. The molecule has 1 aromatic heterocycles. The Kier molecular flexibility index (Phi) is 4.26. The van der Waals surface area contributed by atoms with Crippen LogP contribution >= 0.6 is 0 Å². The summed E-state index contributed by atoms with van der Waals surface area (Å²) in [6.07, 6.45) is 1.01. The minimum atomic E-state index is 0.145. The van der Waals surface area contributed by atoms with Crippen molar-refractivity contribution >= 4 is 23.4 Å². The Bertz CT molecular complexity index is 829. The largest absolute Gasteiger partial charge is 0.353 e. The number of rotatable bonds is 2. The molecule has 0 aliphatic carbocycles. The van der Waals surface area contributed by atoms with Crippen LogP contribution in [0.15, 0.2) is 30.3 Å². The molecular formula is C20H25N5O. The minimum Gasteiger partial charge on any atom is -0.353 e. The fourth-order valence-corrected chi connectivity index (χ4v) is 3.93. The van der Waals surface area contributed by atoms with Crippen molar-refractivity contribution in [2.45, 2.75) is 33.2 Å². The third kappa shape index (κ3) is 3.00. The van der Waals surface area contributed by atoms with Gasteiger partial charge in [-0.05, 0) is 31.9 Å². The van der Waals surface area contributed by atoms with Gasteiger partial charge in [-0.3, -0.25) is 4.79 Å². The highest BCUT2D eigenvalue weighted by atomic mass is 16.2. The van der Waals surface area contributed by atoms with E-state index in [1.54, 1.807) is 6.92 Å². The van der Waals surface area contributed by atoms with Gasteiger partial charge < -0.3 is 14.7 Å². The number of hydrogen-bond acceptors (Lipinski definition) is 5. The first-order valence-electron chi connectivity index (χ1n) is 9.26. The van der Waals surface area contributed by atoms with Gasteiger partial charge in [0, 0.05) is 56.6 Å². The molecule has 0 saturated carbocycles. The van der Waals surface area contributed by atoms with Crippen molar-refractivity contribution < 1.29 is 4.79 Å². The molecule has 0 spiro atoms. The van der Waals surface area contributed by atoms with Gasteiger partial charge in [-0.2, -0.15) is 4.98 Å². The van der Waals surface area contributed by atoms with E-state index in [0.29, 0.717) is 6.04 Å². The molecule has 0 N–H and O–H groups in total. The number of amides is 1. The molecular weight excluding hydrogens is 326 g/mol. The molecule has 2 aliphatic heterocycles. The second-order valence-electron chi connectivity index (χ2n) is 7.21. The molecule has 1 amide bonds. The van der Waals surface area contributed by atoms with E-state index in [-0.39, 0.29) is 5.91 Å². The molecule has 1 unspecified atom stereocenters. The fourth-order valence-electron chi connectivity index (χ4n) is 3.93. The van der Waals surface area contributed by atoms with Gasteiger partial charge in [-0.15, -0.1) is 0 Å². The second-order valence-corrected chi connectivity index (χ2v) is 7.21. The number of carbonyl (C=O) groups excluding carboxylic acids is 1. The lowest BCUT2D eigenvalue weighted by Crippen LogP contribution is -2.48. The third-order valence-electron chi connectivity index (χ3n) is 5.30. The van der Waals surface area contributed by atoms with Gasteiger partial charge in [0.15, 0.2) is 0 Å². The topological polar surface area (TPSA) is 52.6 Å². The molecule has 1 aromatic carbocycles. The van der Waals surface area contributed by atoms with Crippen LogP contribution in [0.1, 0.15) is 25.1 Å². The van der Waals surface area contributed by atoms with E-state index >= 15 is 0 Å². The fraction of sp³-hybridized carbons (Fsp3) is 0.450. The van der Waals surface area contributed by atoms with Crippen LogP contribution in [0.4, 0.5) is 17.5 Å². The van der Waals surface area contributed by atoms with Crippen molar-refractivity contribution in [3.8, 4) is 0 Å². The maximum absolute atomic E-state index is 11.6. The van der Waals surface area contributed by atoms with Crippen molar-refractivity contribution in [1.29, 1.82) is 0 Å². The van der Waals surface area contributed by atoms with Gasteiger partial charge in [0.25, 0.3) is 0 Å². The van der Waals surface area contributed by atoms with E-state index in [1.165, 1.54) is 11.3 Å². The highest BCUT2D eigenvalue weighted by Gasteiger charge is 2.29. The maximum Gasteiger partial charge on any atom is 0.232 e. The summed E-state index contributed by atoms with van der Waals surface area (Å²) in [5, 5.41) is 0. The van der Waals surface area contributed by atoms with Crippen LogP contribution in [0.5, 0.6) is 0 Å². The smallest absolute Gasteiger partial charge is 0.232 e. The number of fused-ring (bicyclic) bond motifs is 1. The quantitative estimate of drug-likeness (QED) is 0.832. The molecule has 3 heterocycles. The van der Waals surface area contributed by atoms with Crippen LogP contribution in [0, 0.1) is 6.92 Å². The zero-order valence-corrected chi connectivity index (χ0v) is 15.6. The normalized spacial score (nSPS) is 19.7. The molecule has 136 valence electrons. The lowest BCUT2D eigenvalue weighted by atomic mass is 10.1. The predicted octanol–water partition coefficient (Wildman–Crippen LogP) is 2.54. The number of carbonyl (C=O) groups is 1. The first kappa shape index (κ1) is 16.8. The average molecular weight is 351 g/mol. The van der Waals surface area contributed by atoms with Crippen molar-refractivity contribution in [3.63, 3.8) is 0 Å². The summed E-state index contributed by atoms with van der Waals surface area (Å²) in [5.41, 5.74) is 3.52. The molecule has 26 heavy (non-hydrogen) atoms. The average Bonchev–Trinajstić information content (AvgIpc) is 2.97. The number of hydrogen-bond donors (Lipinski definition) is 0. The first-order chi connectivity index (χ1) is 12.5. The monoisotopic (exact) mass is 351 g/mol. The number of para-hydroxylation sites is 1. The molecule has 6 nitrogen and oxygen atoms in total. The molecule has 1 atom stereocenters. The van der Waals surface area contributed by atoms with Crippen molar-refractivity contribution in [3.05, 3.63) is 41.6 Å². The Hall–Kier alpha value is -2.63. The van der Waals surface area contributed by atoms with E-state index < -0.39 is 0 Å². The summed E-state index contributed by atoms with van der Waals surface area (Å²) < 4.78 is 0.